The number of aryl methyl sites for hydroxylation is 2. The van der Waals surface area contributed by atoms with E-state index < -0.39 is 23.7 Å². The number of anilines is 1. The molecule has 1 saturated heterocycles. The minimum Gasteiger partial charge on any atom is -0.507 e. The van der Waals surface area contributed by atoms with Crippen LogP contribution in [0.3, 0.4) is 0 Å². The number of aliphatic hydroxyl groups excluding tert-OH is 1. The summed E-state index contributed by atoms with van der Waals surface area (Å²) in [5.74, 6) is -1.82. The van der Waals surface area contributed by atoms with Crippen molar-refractivity contribution in [1.82, 2.24) is 4.98 Å². The third-order valence-corrected chi connectivity index (χ3v) is 7.56. The number of hydrogen-bond donors (Lipinski definition) is 1. The highest BCUT2D eigenvalue weighted by molar-refractivity contribution is 7.22. The molecule has 198 valence electrons. The topological polar surface area (TPSA) is 106 Å². The number of hydrogen-bond acceptors (Lipinski definition) is 8. The van der Waals surface area contributed by atoms with Crippen molar-refractivity contribution in [3.8, 4) is 5.75 Å². The van der Waals surface area contributed by atoms with Crippen LogP contribution in [0.25, 0.3) is 16.0 Å². The highest BCUT2D eigenvalue weighted by atomic mass is 32.1. The molecule has 39 heavy (non-hydrogen) atoms. The summed E-state index contributed by atoms with van der Waals surface area (Å²) >= 11 is 1.30. The maximum Gasteiger partial charge on any atom is 0.337 e. The average molecular weight is 543 g/mol. The van der Waals surface area contributed by atoms with E-state index in [9.17, 15) is 19.5 Å². The van der Waals surface area contributed by atoms with Crippen LogP contribution < -0.4 is 9.64 Å². The van der Waals surface area contributed by atoms with Gasteiger partial charge in [-0.1, -0.05) is 29.5 Å². The molecule has 0 radical (unpaired) electrons. The molecule has 1 aliphatic rings. The Bertz CT molecular complexity index is 1640. The van der Waals surface area contributed by atoms with Gasteiger partial charge in [0, 0.05) is 5.56 Å². The van der Waals surface area contributed by atoms with E-state index in [1.165, 1.54) is 23.3 Å². The maximum absolute atomic E-state index is 13.5. The third-order valence-electron chi connectivity index (χ3n) is 6.56. The highest BCUT2D eigenvalue weighted by Crippen LogP contribution is 2.44. The highest BCUT2D eigenvalue weighted by Gasteiger charge is 2.48. The van der Waals surface area contributed by atoms with Crippen LogP contribution in [-0.2, 0) is 14.3 Å². The number of aliphatic hydroxyl groups is 1. The van der Waals surface area contributed by atoms with Crippen LogP contribution in [0.15, 0.2) is 66.2 Å². The minimum absolute atomic E-state index is 0.0675. The van der Waals surface area contributed by atoms with Crippen LogP contribution in [0.5, 0.6) is 5.75 Å². The SMILES string of the molecule is CCOc1ccc(C(O)=C2C(=O)C(=O)N(c3nc4c(C)cc(C)cc4s3)C2c2ccc(C(=O)OC)cc2)cc1. The smallest absolute Gasteiger partial charge is 0.337 e. The van der Waals surface area contributed by atoms with Gasteiger partial charge in [0.25, 0.3) is 5.78 Å². The van der Waals surface area contributed by atoms with Crippen molar-refractivity contribution in [2.45, 2.75) is 26.8 Å². The van der Waals surface area contributed by atoms with Crippen molar-refractivity contribution in [2.75, 3.05) is 18.6 Å². The molecule has 2 heterocycles. The van der Waals surface area contributed by atoms with E-state index >= 15 is 0 Å². The molecular formula is C30H26N2O6S. The maximum atomic E-state index is 13.5. The lowest BCUT2D eigenvalue weighted by atomic mass is 9.94. The zero-order valence-corrected chi connectivity index (χ0v) is 22.7. The Morgan fingerprint density at radius 1 is 1.03 bits per heavy atom. The van der Waals surface area contributed by atoms with E-state index in [2.05, 4.69) is 0 Å². The van der Waals surface area contributed by atoms with Crippen molar-refractivity contribution in [2.24, 2.45) is 0 Å². The molecule has 1 unspecified atom stereocenters. The Morgan fingerprint density at radius 2 is 1.69 bits per heavy atom. The fourth-order valence-electron chi connectivity index (χ4n) is 4.76. The molecule has 8 nitrogen and oxygen atoms in total. The van der Waals surface area contributed by atoms with Gasteiger partial charge in [0.2, 0.25) is 0 Å². The van der Waals surface area contributed by atoms with E-state index in [-0.39, 0.29) is 11.3 Å². The van der Waals surface area contributed by atoms with Crippen molar-refractivity contribution in [3.05, 3.63) is 94.1 Å². The monoisotopic (exact) mass is 542 g/mol. The van der Waals surface area contributed by atoms with E-state index in [0.29, 0.717) is 34.2 Å². The molecule has 3 aromatic carbocycles. The van der Waals surface area contributed by atoms with E-state index in [4.69, 9.17) is 14.5 Å². The average Bonchev–Trinajstić information content (AvgIpc) is 3.47. The molecule has 0 bridgehead atoms. The number of carbonyl (C=O) groups excluding carboxylic acids is 3. The number of carbonyl (C=O) groups is 3. The lowest BCUT2D eigenvalue weighted by molar-refractivity contribution is -0.132. The Hall–Kier alpha value is -4.50. The summed E-state index contributed by atoms with van der Waals surface area (Å²) in [6.45, 7) is 6.28. The first-order chi connectivity index (χ1) is 18.7. The van der Waals surface area contributed by atoms with Gasteiger partial charge in [-0.3, -0.25) is 14.5 Å². The van der Waals surface area contributed by atoms with Gasteiger partial charge in [0.15, 0.2) is 5.13 Å². The fraction of sp³-hybridized carbons (Fsp3) is 0.200. The molecule has 1 aromatic heterocycles. The second-order valence-electron chi connectivity index (χ2n) is 9.17. The Kier molecular flexibility index (Phi) is 6.93. The standard InChI is InChI=1S/C30H26N2O6S/c1-5-38-21-12-10-19(11-13-21)26(33)23-25(18-6-8-20(9-7-18)29(36)37-4)32(28(35)27(23)34)30-31-24-17(3)14-16(2)15-22(24)39-30/h6-15,25,33H,5H2,1-4H3. The molecule has 0 saturated carbocycles. The van der Waals surface area contributed by atoms with E-state index in [1.807, 2.05) is 32.9 Å². The Labute approximate surface area is 229 Å². The van der Waals surface area contributed by atoms with Crippen LogP contribution in [0.1, 0.15) is 45.6 Å². The molecule has 0 aliphatic carbocycles. The molecule has 1 amide bonds. The predicted octanol–water partition coefficient (Wildman–Crippen LogP) is 5.72. The second kappa shape index (κ2) is 10.3. The van der Waals surface area contributed by atoms with Crippen molar-refractivity contribution in [3.63, 3.8) is 0 Å². The number of benzene rings is 3. The van der Waals surface area contributed by atoms with Crippen LogP contribution >= 0.6 is 11.3 Å². The summed E-state index contributed by atoms with van der Waals surface area (Å²) in [6.07, 6.45) is 0. The van der Waals surface area contributed by atoms with Crippen molar-refractivity contribution < 1.29 is 29.0 Å². The van der Waals surface area contributed by atoms with Gasteiger partial charge in [-0.15, -0.1) is 0 Å². The van der Waals surface area contributed by atoms with E-state index in [0.717, 1.165) is 21.3 Å². The van der Waals surface area contributed by atoms with Gasteiger partial charge in [0.05, 0.1) is 41.1 Å². The lowest BCUT2D eigenvalue weighted by Crippen LogP contribution is -2.29. The number of ketones is 1. The van der Waals surface area contributed by atoms with Gasteiger partial charge >= 0.3 is 11.9 Å². The van der Waals surface area contributed by atoms with Gasteiger partial charge < -0.3 is 14.6 Å². The molecule has 9 heteroatoms. The zero-order valence-electron chi connectivity index (χ0n) is 21.8. The molecule has 1 atom stereocenters. The first kappa shape index (κ1) is 26.1. The van der Waals surface area contributed by atoms with Gasteiger partial charge in [0.1, 0.15) is 11.5 Å². The summed E-state index contributed by atoms with van der Waals surface area (Å²) in [7, 11) is 1.29. The third kappa shape index (κ3) is 4.66. The van der Waals surface area contributed by atoms with E-state index in [1.54, 1.807) is 48.5 Å². The number of esters is 1. The van der Waals surface area contributed by atoms with Crippen molar-refractivity contribution in [1.29, 1.82) is 0 Å². The number of ether oxygens (including phenoxy) is 2. The number of rotatable bonds is 6. The lowest BCUT2D eigenvalue weighted by Gasteiger charge is -2.23. The number of aromatic nitrogens is 1. The summed E-state index contributed by atoms with van der Waals surface area (Å²) in [5.41, 5.74) is 3.90. The number of Topliss-reactive ketones (excluding diaryl/α,β-unsaturated/α-hetero) is 1. The van der Waals surface area contributed by atoms with Crippen LogP contribution in [0.2, 0.25) is 0 Å². The second-order valence-corrected chi connectivity index (χ2v) is 10.2. The largest absolute Gasteiger partial charge is 0.507 e. The summed E-state index contributed by atoms with van der Waals surface area (Å²) < 4.78 is 11.2. The molecule has 0 spiro atoms. The summed E-state index contributed by atoms with van der Waals surface area (Å²) in [4.78, 5) is 45.1. The van der Waals surface area contributed by atoms with Crippen LogP contribution in [-0.4, -0.2) is 41.5 Å². The van der Waals surface area contributed by atoms with Crippen LogP contribution in [0, 0.1) is 13.8 Å². The molecule has 4 aromatic rings. The Morgan fingerprint density at radius 3 is 2.33 bits per heavy atom. The zero-order chi connectivity index (χ0) is 27.8. The van der Waals surface area contributed by atoms with Gasteiger partial charge in [-0.05, 0) is 79.9 Å². The van der Waals surface area contributed by atoms with Crippen molar-refractivity contribution >= 4 is 50.1 Å². The number of nitrogens with zero attached hydrogens (tertiary/aromatic N) is 2. The number of fused-ring (bicyclic) bond motifs is 1. The fourth-order valence-corrected chi connectivity index (χ4v) is 5.93. The number of thiazole rings is 1. The molecule has 1 fully saturated rings. The summed E-state index contributed by atoms with van der Waals surface area (Å²) in [6, 6.07) is 16.1. The van der Waals surface area contributed by atoms with Gasteiger partial charge in [-0.2, -0.15) is 0 Å². The molecular weight excluding hydrogens is 516 g/mol. The van der Waals surface area contributed by atoms with Gasteiger partial charge in [-0.25, -0.2) is 9.78 Å². The number of methoxy groups -OCH3 is 1. The quantitative estimate of drug-likeness (QED) is 0.144. The van der Waals surface area contributed by atoms with Crippen LogP contribution in [0.4, 0.5) is 5.13 Å². The summed E-state index contributed by atoms with van der Waals surface area (Å²) in [5, 5.41) is 11.7. The molecule has 1 N–H and O–H groups in total. The first-order valence-electron chi connectivity index (χ1n) is 12.3. The molecule has 5 rings (SSSR count). The predicted molar refractivity (Wildman–Crippen MR) is 149 cm³/mol. The normalized spacial score (nSPS) is 16.6. The molecule has 1 aliphatic heterocycles. The number of amides is 1. The Balaban J connectivity index is 1.69. The first-order valence-corrected chi connectivity index (χ1v) is 13.2. The minimum atomic E-state index is -0.967.